The van der Waals surface area contributed by atoms with E-state index in [1.165, 1.54) is 93.6 Å². The molecule has 0 spiro atoms. The van der Waals surface area contributed by atoms with Crippen molar-refractivity contribution in [2.75, 3.05) is 27.2 Å². The van der Waals surface area contributed by atoms with E-state index in [4.69, 9.17) is 31.9 Å². The van der Waals surface area contributed by atoms with Crippen molar-refractivity contribution in [1.82, 2.24) is 4.90 Å². The molecule has 1 aliphatic heterocycles. The summed E-state index contributed by atoms with van der Waals surface area (Å²) in [5, 5.41) is 8.25. The van der Waals surface area contributed by atoms with Crippen LogP contribution >= 0.6 is 23.5 Å². The van der Waals surface area contributed by atoms with Gasteiger partial charge in [0.2, 0.25) is 0 Å². The van der Waals surface area contributed by atoms with Crippen LogP contribution in [0.3, 0.4) is 0 Å². The van der Waals surface area contributed by atoms with E-state index >= 15 is 0 Å². The number of rotatable bonds is 7. The predicted octanol–water partition coefficient (Wildman–Crippen LogP) is 7.20. The van der Waals surface area contributed by atoms with Crippen molar-refractivity contribution >= 4 is 40.6 Å². The highest BCUT2D eigenvalue weighted by atomic mass is 35.5. The number of ether oxygens (including phenoxy) is 2. The number of hydrogen-bond acceptors (Lipinski definition) is 7. The van der Waals surface area contributed by atoms with Gasteiger partial charge in [0.25, 0.3) is 5.92 Å². The lowest BCUT2D eigenvalue weighted by molar-refractivity contribution is -0.115. The molecule has 1 saturated heterocycles. The molecule has 0 amide bonds. The minimum atomic E-state index is -3.18. The van der Waals surface area contributed by atoms with E-state index in [0.29, 0.717) is 12.1 Å². The van der Waals surface area contributed by atoms with Gasteiger partial charge in [0.05, 0.1) is 24.7 Å². The Hall–Kier alpha value is -2.43. The molecule has 1 heterocycles. The first-order valence-electron chi connectivity index (χ1n) is 13.8. The normalized spacial score (nSPS) is 16.4. The van der Waals surface area contributed by atoms with Gasteiger partial charge in [0.15, 0.2) is 0 Å². The number of likely N-dealkylation sites (tertiary alicyclic amines) is 1. The van der Waals surface area contributed by atoms with Crippen LogP contribution in [0.15, 0.2) is 59.5 Å². The van der Waals surface area contributed by atoms with Gasteiger partial charge in [0, 0.05) is 16.5 Å². The third-order valence-corrected chi connectivity index (χ3v) is 8.04. The van der Waals surface area contributed by atoms with Gasteiger partial charge >= 0.3 is 0 Å². The molecular weight excluding hydrogens is 568 g/mol. The van der Waals surface area contributed by atoms with Crippen LogP contribution in [0.1, 0.15) is 50.5 Å². The Balaban J connectivity index is 0.000000182. The summed E-state index contributed by atoms with van der Waals surface area (Å²) in [6.07, 6.45) is 7.10. The highest BCUT2D eigenvalue weighted by Gasteiger charge is 2.31. The summed E-state index contributed by atoms with van der Waals surface area (Å²) in [5.41, 5.74) is 5.39. The number of nitrogens with two attached hydrogens (primary N) is 2. The first-order valence-corrected chi connectivity index (χ1v) is 15.1. The van der Waals surface area contributed by atoms with Crippen molar-refractivity contribution in [2.45, 2.75) is 67.9 Å². The van der Waals surface area contributed by atoms with Gasteiger partial charge < -0.3 is 24.9 Å². The Morgan fingerprint density at radius 3 is 2.29 bits per heavy atom. The number of hydrogen-bond donors (Lipinski definition) is 2. The summed E-state index contributed by atoms with van der Waals surface area (Å²) >= 11 is 6.97. The van der Waals surface area contributed by atoms with E-state index in [2.05, 4.69) is 42.3 Å². The van der Waals surface area contributed by atoms with Gasteiger partial charge in [-0.05, 0) is 118 Å². The van der Waals surface area contributed by atoms with Gasteiger partial charge in [-0.1, -0.05) is 29.8 Å². The number of alkyl halides is 2. The third-order valence-electron chi connectivity index (χ3n) is 7.20. The van der Waals surface area contributed by atoms with Crippen molar-refractivity contribution < 1.29 is 23.0 Å². The molecule has 2 aliphatic rings. The molecule has 0 radical (unpaired) electrons. The molecule has 6 nitrogen and oxygen atoms in total. The van der Waals surface area contributed by atoms with Crippen LogP contribution in [0, 0.1) is 0 Å². The molecule has 10 heteroatoms. The summed E-state index contributed by atoms with van der Waals surface area (Å²) in [4.78, 5) is 13.5. The summed E-state index contributed by atoms with van der Waals surface area (Å²) in [6, 6.07) is 16.7. The number of methoxy groups -OCH3 is 1. The maximum atomic E-state index is 13.3. The fourth-order valence-electron chi connectivity index (χ4n) is 4.69. The van der Waals surface area contributed by atoms with Gasteiger partial charge in [-0.15, -0.1) is 0 Å². The van der Waals surface area contributed by atoms with E-state index in [0.717, 1.165) is 16.7 Å². The number of fused-ring (bicyclic) bond motifs is 1. The maximum absolute atomic E-state index is 13.3. The molecule has 3 aromatic rings. The SMILES string of the molecule is CN1CCC(N)CC1.COc1cc(C(F)(F)CC=O)ccc1Cl.NSc1ccc2cc(OC3CCCC3)ccc2c1. The fraction of sp³-hybridized carbons (Fsp3) is 0.452. The monoisotopic (exact) mass is 607 g/mol. The molecule has 1 aliphatic carbocycles. The van der Waals surface area contributed by atoms with Crippen molar-refractivity contribution in [1.29, 1.82) is 0 Å². The molecule has 0 bridgehead atoms. The Morgan fingerprint density at radius 1 is 1.02 bits per heavy atom. The lowest BCUT2D eigenvalue weighted by atomic mass is 10.1. The molecule has 1 saturated carbocycles. The average Bonchev–Trinajstić information content (AvgIpc) is 3.48. The quantitative estimate of drug-likeness (QED) is 0.217. The van der Waals surface area contributed by atoms with Gasteiger partial charge in [-0.25, -0.2) is 8.78 Å². The Morgan fingerprint density at radius 2 is 1.68 bits per heavy atom. The number of nitrogens with zero attached hydrogens (tertiary/aromatic N) is 1. The van der Waals surface area contributed by atoms with Crippen LogP contribution in [0.2, 0.25) is 5.02 Å². The van der Waals surface area contributed by atoms with Gasteiger partial charge in [0.1, 0.15) is 17.8 Å². The van der Waals surface area contributed by atoms with Crippen molar-refractivity contribution in [3.8, 4) is 11.5 Å². The highest BCUT2D eigenvalue weighted by molar-refractivity contribution is 7.97. The number of aldehydes is 1. The molecule has 4 N–H and O–H groups in total. The largest absolute Gasteiger partial charge is 0.495 e. The number of halogens is 3. The summed E-state index contributed by atoms with van der Waals surface area (Å²) < 4.78 is 37.4. The van der Waals surface area contributed by atoms with Crippen LogP contribution in [0.4, 0.5) is 8.78 Å². The first-order chi connectivity index (χ1) is 19.6. The number of carbonyl (C=O) groups is 1. The maximum Gasteiger partial charge on any atom is 0.279 e. The molecule has 41 heavy (non-hydrogen) atoms. The zero-order valence-corrected chi connectivity index (χ0v) is 25.2. The lowest BCUT2D eigenvalue weighted by Crippen LogP contribution is -2.37. The van der Waals surface area contributed by atoms with E-state index in [1.807, 2.05) is 6.07 Å². The molecule has 3 aromatic carbocycles. The third kappa shape index (κ3) is 10.4. The standard InChI is InChI=1S/C15H17NOS.C10H9ClF2O2.C6H14N2/c16-18-15-8-6-11-9-14(7-5-12(11)10-15)17-13-3-1-2-4-13;1-15-9-6-7(2-3-8(9)11)10(12,13)4-5-14;1-8-4-2-6(7)3-5-8/h5-10,13H,1-4,16H2;2-3,5-6H,4H2,1H3;6H,2-5,7H2,1H3. The zero-order chi connectivity index (χ0) is 29.8. The minimum absolute atomic E-state index is 0.166. The van der Waals surface area contributed by atoms with Crippen molar-refractivity contribution in [3.05, 3.63) is 65.2 Å². The number of benzene rings is 3. The van der Waals surface area contributed by atoms with E-state index in [9.17, 15) is 13.6 Å². The molecular formula is C31H40ClF2N3O3S. The smallest absolute Gasteiger partial charge is 0.279 e. The second kappa shape index (κ2) is 16.3. The zero-order valence-electron chi connectivity index (χ0n) is 23.7. The van der Waals surface area contributed by atoms with Crippen molar-refractivity contribution in [3.63, 3.8) is 0 Å². The fourth-order valence-corrected chi connectivity index (χ4v) is 5.22. The topological polar surface area (TPSA) is 90.8 Å². The summed E-state index contributed by atoms with van der Waals surface area (Å²) in [7, 11) is 3.48. The minimum Gasteiger partial charge on any atom is -0.495 e. The van der Waals surface area contributed by atoms with Crippen molar-refractivity contribution in [2.24, 2.45) is 10.9 Å². The average molecular weight is 608 g/mol. The molecule has 0 unspecified atom stereocenters. The molecule has 0 aromatic heterocycles. The molecule has 2 fully saturated rings. The molecule has 5 rings (SSSR count). The highest BCUT2D eigenvalue weighted by Crippen LogP contribution is 2.35. The van der Waals surface area contributed by atoms with Gasteiger partial charge in [-0.3, -0.25) is 5.14 Å². The molecule has 0 atom stereocenters. The first kappa shape index (κ1) is 33.1. The van der Waals surface area contributed by atoms with E-state index in [-0.39, 0.29) is 22.6 Å². The van der Waals surface area contributed by atoms with Crippen LogP contribution in [-0.2, 0) is 10.7 Å². The van der Waals surface area contributed by atoms with Crippen LogP contribution < -0.4 is 20.3 Å². The van der Waals surface area contributed by atoms with Crippen LogP contribution in [-0.4, -0.2) is 50.6 Å². The molecule has 224 valence electrons. The Bertz CT molecular complexity index is 1240. The summed E-state index contributed by atoms with van der Waals surface area (Å²) in [6.45, 7) is 2.36. The second-order valence-electron chi connectivity index (χ2n) is 10.4. The van der Waals surface area contributed by atoms with Crippen LogP contribution in [0.5, 0.6) is 11.5 Å². The number of carbonyl (C=O) groups excluding carboxylic acids is 1. The number of piperidine rings is 1. The Labute approximate surface area is 250 Å². The second-order valence-corrected chi connectivity index (χ2v) is 11.5. The lowest BCUT2D eigenvalue weighted by Gasteiger charge is -2.25. The van der Waals surface area contributed by atoms with E-state index in [1.54, 1.807) is 0 Å². The van der Waals surface area contributed by atoms with Crippen LogP contribution in [0.25, 0.3) is 10.8 Å². The Kier molecular flexibility index (Phi) is 13.1. The summed E-state index contributed by atoms with van der Waals surface area (Å²) in [5.74, 6) is -2.03. The van der Waals surface area contributed by atoms with E-state index < -0.39 is 12.3 Å². The van der Waals surface area contributed by atoms with Gasteiger partial charge in [-0.2, -0.15) is 0 Å². The predicted molar refractivity (Wildman–Crippen MR) is 164 cm³/mol.